The molecule has 0 saturated heterocycles. The van der Waals surface area contributed by atoms with Crippen LogP contribution >= 0.6 is 0 Å². The Bertz CT molecular complexity index is 1720. The van der Waals surface area contributed by atoms with Crippen molar-refractivity contribution >= 4 is 17.6 Å². The molecule has 0 spiro atoms. The molecule has 5 rings (SSSR count). The molecule has 2 heterocycles. The van der Waals surface area contributed by atoms with Gasteiger partial charge in [-0.15, -0.1) is 0 Å². The summed E-state index contributed by atoms with van der Waals surface area (Å²) in [5, 5.41) is 3.73. The summed E-state index contributed by atoms with van der Waals surface area (Å²) in [6.45, 7) is 0.772. The second-order valence-corrected chi connectivity index (χ2v) is 10.4. The Balaban J connectivity index is 1.53. The number of pyridine rings is 1. The van der Waals surface area contributed by atoms with Crippen molar-refractivity contribution in [3.8, 4) is 11.1 Å². The van der Waals surface area contributed by atoms with Crippen LogP contribution in [0.5, 0.6) is 0 Å². The van der Waals surface area contributed by atoms with E-state index < -0.39 is 53.4 Å². The first-order valence-electron chi connectivity index (χ1n) is 13.5. The first kappa shape index (κ1) is 29.9. The van der Waals surface area contributed by atoms with Gasteiger partial charge in [0.15, 0.2) is 17.3 Å². The third-order valence-electron chi connectivity index (χ3n) is 7.29. The van der Waals surface area contributed by atoms with Crippen molar-refractivity contribution < 1.29 is 35.9 Å². The Hall–Kier alpha value is -4.54. The van der Waals surface area contributed by atoms with Crippen molar-refractivity contribution in [2.75, 3.05) is 0 Å². The van der Waals surface area contributed by atoms with E-state index in [9.17, 15) is 35.9 Å². The lowest BCUT2D eigenvalue weighted by atomic mass is 9.86. The number of allylic oxidation sites excluding steroid dienone is 1. The van der Waals surface area contributed by atoms with Gasteiger partial charge in [-0.1, -0.05) is 24.3 Å². The smallest absolute Gasteiger partial charge is 0.298 e. The molecule has 1 aliphatic rings. The molecule has 0 aliphatic heterocycles. The number of ketones is 2. The van der Waals surface area contributed by atoms with Gasteiger partial charge in [-0.2, -0.15) is 18.3 Å². The number of aromatic nitrogens is 3. The van der Waals surface area contributed by atoms with E-state index in [1.54, 1.807) is 18.2 Å². The number of hydrogen-bond acceptors (Lipinski definition) is 4. The zero-order valence-corrected chi connectivity index (χ0v) is 22.9. The molecule has 0 fully saturated rings. The average molecular weight is 598 g/mol. The molecule has 1 aliphatic carbocycles. The fourth-order valence-electron chi connectivity index (χ4n) is 5.45. The molecule has 4 aromatic rings. The van der Waals surface area contributed by atoms with Crippen molar-refractivity contribution in [3.05, 3.63) is 112 Å². The lowest BCUT2D eigenvalue weighted by Crippen LogP contribution is -2.19. The molecule has 1 atom stereocenters. The minimum absolute atomic E-state index is 0.0427. The molecule has 2 aromatic carbocycles. The van der Waals surface area contributed by atoms with Crippen LogP contribution in [0.2, 0.25) is 0 Å². The number of halogens is 6. The molecule has 5 nitrogen and oxygen atoms in total. The summed E-state index contributed by atoms with van der Waals surface area (Å²) >= 11 is 0. The van der Waals surface area contributed by atoms with Crippen LogP contribution in [0.4, 0.5) is 26.3 Å². The highest BCUT2D eigenvalue weighted by Crippen LogP contribution is 2.36. The number of alkyl halides is 3. The molecule has 2 aromatic heterocycles. The Morgan fingerprint density at radius 3 is 2.47 bits per heavy atom. The van der Waals surface area contributed by atoms with Gasteiger partial charge in [0.05, 0.1) is 17.8 Å². The molecule has 0 N–H and O–H groups in total. The maximum absolute atomic E-state index is 14.3. The number of hydrogen-bond donors (Lipinski definition) is 0. The van der Waals surface area contributed by atoms with Crippen LogP contribution in [0.25, 0.3) is 17.2 Å². The number of benzene rings is 2. The van der Waals surface area contributed by atoms with Crippen molar-refractivity contribution in [2.24, 2.45) is 0 Å². The van der Waals surface area contributed by atoms with E-state index in [-0.39, 0.29) is 36.0 Å². The lowest BCUT2D eigenvalue weighted by Gasteiger charge is -2.20. The van der Waals surface area contributed by atoms with Crippen LogP contribution in [-0.4, -0.2) is 26.3 Å². The Labute approximate surface area is 242 Å². The number of nitrogens with zero attached hydrogens (tertiary/aromatic N) is 3. The zero-order chi connectivity index (χ0) is 30.9. The normalized spacial score (nSPS) is 13.6. The standard InChI is InChI=1S/C32H25F6N3O2/c1-18(42)27-15-20(8-9-28(27)35)25-6-4-10-39-30(25)21(11-19-12-22(33)16-23(34)13-19)14-24(43)17-41-29-7-3-2-5-26(29)31(40-41)32(36,37)38/h2,4-6,8-10,12-13,15-16,21H,3,7,11,14,17H2,1H3/t21-/m1/s1. The Morgan fingerprint density at radius 1 is 1.02 bits per heavy atom. The highest BCUT2D eigenvalue weighted by atomic mass is 19.4. The van der Waals surface area contributed by atoms with Crippen LogP contribution in [0.3, 0.4) is 0 Å². The molecule has 222 valence electrons. The second kappa shape index (κ2) is 12.0. The Morgan fingerprint density at radius 2 is 1.77 bits per heavy atom. The third kappa shape index (κ3) is 6.60. The van der Waals surface area contributed by atoms with Crippen LogP contribution in [-0.2, 0) is 30.4 Å². The van der Waals surface area contributed by atoms with Crippen LogP contribution in [0.15, 0.2) is 60.8 Å². The third-order valence-corrected chi connectivity index (χ3v) is 7.29. The van der Waals surface area contributed by atoms with Gasteiger partial charge < -0.3 is 0 Å². The first-order chi connectivity index (χ1) is 20.4. The van der Waals surface area contributed by atoms with Gasteiger partial charge in [-0.05, 0) is 67.6 Å². The molecule has 0 amide bonds. The average Bonchev–Trinajstić information content (AvgIpc) is 3.31. The summed E-state index contributed by atoms with van der Waals surface area (Å²) in [5.41, 5.74) is 0.476. The minimum atomic E-state index is -4.71. The predicted molar refractivity (Wildman–Crippen MR) is 147 cm³/mol. The maximum atomic E-state index is 14.3. The van der Waals surface area contributed by atoms with Crippen molar-refractivity contribution in [2.45, 2.75) is 51.2 Å². The van der Waals surface area contributed by atoms with E-state index in [1.807, 2.05) is 0 Å². The Kier molecular flexibility index (Phi) is 8.34. The fraction of sp³-hybridized carbons (Fsp3) is 0.250. The number of carbonyl (C=O) groups excluding carboxylic acids is 2. The van der Waals surface area contributed by atoms with E-state index in [1.165, 1.54) is 31.3 Å². The van der Waals surface area contributed by atoms with E-state index >= 15 is 0 Å². The molecular formula is C32H25F6N3O2. The molecule has 11 heteroatoms. The largest absolute Gasteiger partial charge is 0.435 e. The van der Waals surface area contributed by atoms with Crippen LogP contribution in [0.1, 0.15) is 64.2 Å². The van der Waals surface area contributed by atoms with E-state index in [4.69, 9.17) is 0 Å². The van der Waals surface area contributed by atoms with Gasteiger partial charge in [0.2, 0.25) is 0 Å². The van der Waals surface area contributed by atoms with Crippen molar-refractivity contribution in [1.82, 2.24) is 14.8 Å². The number of fused-ring (bicyclic) bond motifs is 1. The summed E-state index contributed by atoms with van der Waals surface area (Å²) in [5.74, 6) is -4.11. The van der Waals surface area contributed by atoms with E-state index in [0.29, 0.717) is 35.0 Å². The molecular weight excluding hydrogens is 572 g/mol. The molecule has 0 radical (unpaired) electrons. The fourth-order valence-corrected chi connectivity index (χ4v) is 5.45. The number of rotatable bonds is 9. The predicted octanol–water partition coefficient (Wildman–Crippen LogP) is 7.53. The van der Waals surface area contributed by atoms with Gasteiger partial charge >= 0.3 is 6.18 Å². The zero-order valence-electron chi connectivity index (χ0n) is 22.9. The number of Topliss-reactive ketones (excluding diaryl/α,β-unsaturated/α-hetero) is 2. The molecule has 0 unspecified atom stereocenters. The van der Waals surface area contributed by atoms with Crippen molar-refractivity contribution in [1.29, 1.82) is 0 Å². The first-order valence-corrected chi connectivity index (χ1v) is 13.5. The monoisotopic (exact) mass is 597 g/mol. The van der Waals surface area contributed by atoms with E-state index in [2.05, 4.69) is 10.1 Å². The molecule has 0 saturated carbocycles. The quantitative estimate of drug-likeness (QED) is 0.148. The lowest BCUT2D eigenvalue weighted by molar-refractivity contribution is -0.141. The maximum Gasteiger partial charge on any atom is 0.435 e. The van der Waals surface area contributed by atoms with E-state index in [0.717, 1.165) is 22.9 Å². The molecule has 0 bridgehead atoms. The topological polar surface area (TPSA) is 64.8 Å². The summed E-state index contributed by atoms with van der Waals surface area (Å²) in [4.78, 5) is 29.9. The molecule has 43 heavy (non-hydrogen) atoms. The van der Waals surface area contributed by atoms with Crippen molar-refractivity contribution in [3.63, 3.8) is 0 Å². The second-order valence-electron chi connectivity index (χ2n) is 10.4. The summed E-state index contributed by atoms with van der Waals surface area (Å²) in [6, 6.07) is 10.2. The summed E-state index contributed by atoms with van der Waals surface area (Å²) in [7, 11) is 0. The highest BCUT2D eigenvalue weighted by molar-refractivity contribution is 5.95. The summed E-state index contributed by atoms with van der Waals surface area (Å²) in [6.07, 6.45) is 0.208. The van der Waals surface area contributed by atoms with Gasteiger partial charge in [0.25, 0.3) is 0 Å². The summed E-state index contributed by atoms with van der Waals surface area (Å²) < 4.78 is 84.6. The van der Waals surface area contributed by atoms with Crippen LogP contribution < -0.4 is 0 Å². The van der Waals surface area contributed by atoms with Gasteiger partial charge in [-0.25, -0.2) is 13.2 Å². The SMILES string of the molecule is CC(=O)c1cc(-c2cccnc2[C@@H](CC(=O)Cn2nc(C(F)(F)F)c3c2CCC=C3)Cc2cc(F)cc(F)c2)ccc1F. The highest BCUT2D eigenvalue weighted by Gasteiger charge is 2.39. The van der Waals surface area contributed by atoms with Crippen LogP contribution in [0, 0.1) is 17.5 Å². The van der Waals surface area contributed by atoms with Gasteiger partial charge in [-0.3, -0.25) is 19.3 Å². The number of carbonyl (C=O) groups is 2. The van der Waals surface area contributed by atoms with Gasteiger partial charge in [0, 0.05) is 41.4 Å². The van der Waals surface area contributed by atoms with Gasteiger partial charge in [0.1, 0.15) is 17.5 Å². The minimum Gasteiger partial charge on any atom is -0.298 e.